The summed E-state index contributed by atoms with van der Waals surface area (Å²) in [5.74, 6) is 1.45. The van der Waals surface area contributed by atoms with E-state index in [0.29, 0.717) is 17.3 Å². The van der Waals surface area contributed by atoms with Gasteiger partial charge in [-0.3, -0.25) is 10.4 Å². The monoisotopic (exact) mass is 272 g/mol. The molecule has 3 aromatic rings. The zero-order valence-corrected chi connectivity index (χ0v) is 10.7. The Kier molecular flexibility index (Phi) is 2.99. The number of carbonyl (C=O) groups excluding carboxylic acids is 1. The molecule has 9 heteroatoms. The molecule has 0 saturated carbocycles. The average molecular weight is 272 g/mol. The van der Waals surface area contributed by atoms with Crippen LogP contribution in [0.1, 0.15) is 11.6 Å². The lowest BCUT2D eigenvalue weighted by Gasteiger charge is -2.01. The quantitative estimate of drug-likeness (QED) is 0.641. The Morgan fingerprint density at radius 2 is 2.30 bits per heavy atom. The number of nitrogens with zero attached hydrogens (tertiary/aromatic N) is 5. The number of aromatic nitrogens is 6. The molecule has 0 spiro atoms. The number of hydrogen-bond acceptors (Lipinski definition) is 5. The van der Waals surface area contributed by atoms with Gasteiger partial charge in [0.05, 0.1) is 6.54 Å². The highest BCUT2D eigenvalue weighted by atomic mass is 16.2. The molecule has 0 aromatic carbocycles. The highest BCUT2D eigenvalue weighted by Gasteiger charge is 2.08. The highest BCUT2D eigenvalue weighted by Crippen LogP contribution is 2.04. The molecule has 0 atom stereocenters. The van der Waals surface area contributed by atoms with Crippen molar-refractivity contribution in [2.24, 2.45) is 0 Å². The third-order valence-electron chi connectivity index (χ3n) is 2.52. The summed E-state index contributed by atoms with van der Waals surface area (Å²) < 4.78 is 1.58. The van der Waals surface area contributed by atoms with Crippen LogP contribution in [0.3, 0.4) is 0 Å². The van der Waals surface area contributed by atoms with E-state index in [2.05, 4.69) is 35.9 Å². The van der Waals surface area contributed by atoms with Crippen LogP contribution in [-0.4, -0.2) is 35.8 Å². The number of carbonyl (C=O) groups is 1. The van der Waals surface area contributed by atoms with Crippen molar-refractivity contribution in [3.05, 3.63) is 36.0 Å². The van der Waals surface area contributed by atoms with Gasteiger partial charge in [0.25, 0.3) is 5.95 Å². The van der Waals surface area contributed by atoms with Gasteiger partial charge in [0, 0.05) is 6.20 Å². The van der Waals surface area contributed by atoms with Gasteiger partial charge in [0.1, 0.15) is 5.82 Å². The number of aromatic amines is 1. The summed E-state index contributed by atoms with van der Waals surface area (Å²) in [6.45, 7) is 2.01. The van der Waals surface area contributed by atoms with Gasteiger partial charge in [-0.25, -0.2) is 14.3 Å². The van der Waals surface area contributed by atoms with Crippen molar-refractivity contribution < 1.29 is 4.79 Å². The topological polar surface area (TPSA) is 113 Å². The molecule has 0 aliphatic rings. The van der Waals surface area contributed by atoms with Crippen molar-refractivity contribution in [1.82, 2.24) is 35.1 Å². The van der Waals surface area contributed by atoms with Gasteiger partial charge in [-0.2, -0.15) is 10.1 Å². The number of fused-ring (bicyclic) bond motifs is 1. The third-order valence-corrected chi connectivity index (χ3v) is 2.52. The van der Waals surface area contributed by atoms with Crippen LogP contribution >= 0.6 is 0 Å². The first kappa shape index (κ1) is 12.1. The number of amides is 2. The maximum Gasteiger partial charge on any atom is 0.322 e. The molecule has 0 aliphatic heterocycles. The molecule has 102 valence electrons. The Balaban J connectivity index is 1.60. The van der Waals surface area contributed by atoms with E-state index in [9.17, 15) is 4.79 Å². The number of hydrogen-bond donors (Lipinski definition) is 3. The van der Waals surface area contributed by atoms with Gasteiger partial charge in [0.15, 0.2) is 11.5 Å². The van der Waals surface area contributed by atoms with Crippen molar-refractivity contribution in [2.45, 2.75) is 13.5 Å². The molecular weight excluding hydrogens is 260 g/mol. The molecule has 20 heavy (non-hydrogen) atoms. The van der Waals surface area contributed by atoms with Crippen LogP contribution in [0.25, 0.3) is 5.65 Å². The first-order chi connectivity index (χ1) is 9.70. The molecule has 3 heterocycles. The van der Waals surface area contributed by atoms with E-state index in [-0.39, 0.29) is 12.5 Å². The molecule has 0 fully saturated rings. The maximum absolute atomic E-state index is 11.7. The molecule has 3 N–H and O–H groups in total. The van der Waals surface area contributed by atoms with E-state index in [0.717, 1.165) is 0 Å². The van der Waals surface area contributed by atoms with E-state index < -0.39 is 6.03 Å². The lowest BCUT2D eigenvalue weighted by molar-refractivity contribution is 0.251. The molecule has 2 amide bonds. The van der Waals surface area contributed by atoms with Crippen LogP contribution in [0.2, 0.25) is 0 Å². The Hall–Kier alpha value is -2.97. The minimum atomic E-state index is -0.414. The Morgan fingerprint density at radius 3 is 3.05 bits per heavy atom. The molecule has 9 nitrogen and oxygen atoms in total. The average Bonchev–Trinajstić information content (AvgIpc) is 3.01. The van der Waals surface area contributed by atoms with Gasteiger partial charge in [-0.05, 0) is 19.1 Å². The lowest BCUT2D eigenvalue weighted by atomic mass is 10.5. The second-order valence-corrected chi connectivity index (χ2v) is 4.08. The van der Waals surface area contributed by atoms with Crippen molar-refractivity contribution >= 4 is 17.6 Å². The highest BCUT2D eigenvalue weighted by molar-refractivity contribution is 5.87. The second-order valence-electron chi connectivity index (χ2n) is 4.08. The van der Waals surface area contributed by atoms with E-state index in [4.69, 9.17) is 0 Å². The van der Waals surface area contributed by atoms with Crippen LogP contribution in [-0.2, 0) is 6.54 Å². The molecule has 0 saturated heterocycles. The van der Waals surface area contributed by atoms with Crippen molar-refractivity contribution in [3.63, 3.8) is 0 Å². The standard InChI is InChI=1S/C11H12N8O/c1-7-13-8(17-16-7)6-12-11(20)15-10-14-9-4-2-3-5-19(9)18-10/h2-5H,6H2,1H3,(H,13,16,17)(H2,12,15,18,20). The SMILES string of the molecule is Cc1nc(CNC(=O)Nc2nc3ccccn3n2)n[nH]1. The van der Waals surface area contributed by atoms with Gasteiger partial charge < -0.3 is 5.32 Å². The van der Waals surface area contributed by atoms with E-state index >= 15 is 0 Å². The van der Waals surface area contributed by atoms with Gasteiger partial charge >= 0.3 is 6.03 Å². The van der Waals surface area contributed by atoms with Crippen LogP contribution < -0.4 is 10.6 Å². The maximum atomic E-state index is 11.7. The number of aryl methyl sites for hydroxylation is 1. The van der Waals surface area contributed by atoms with Gasteiger partial charge in [0.2, 0.25) is 0 Å². The number of rotatable bonds is 3. The molecule has 0 unspecified atom stereocenters. The van der Waals surface area contributed by atoms with E-state index in [1.54, 1.807) is 23.7 Å². The fraction of sp³-hybridized carbons (Fsp3) is 0.182. The van der Waals surface area contributed by atoms with Crippen LogP contribution in [0.5, 0.6) is 0 Å². The summed E-state index contributed by atoms with van der Waals surface area (Å²) in [6.07, 6.45) is 1.75. The molecule has 0 bridgehead atoms. The summed E-state index contributed by atoms with van der Waals surface area (Å²) in [6, 6.07) is 5.06. The summed E-state index contributed by atoms with van der Waals surface area (Å²) in [5.41, 5.74) is 0.660. The summed E-state index contributed by atoms with van der Waals surface area (Å²) >= 11 is 0. The first-order valence-electron chi connectivity index (χ1n) is 5.95. The fourth-order valence-corrected chi connectivity index (χ4v) is 1.66. The predicted octanol–water partition coefficient (Wildman–Crippen LogP) is 0.478. The Bertz CT molecular complexity index is 713. The lowest BCUT2D eigenvalue weighted by Crippen LogP contribution is -2.29. The number of nitrogens with one attached hydrogen (secondary N) is 3. The number of pyridine rings is 1. The largest absolute Gasteiger partial charge is 0.330 e. The number of anilines is 1. The zero-order chi connectivity index (χ0) is 13.9. The fourth-order valence-electron chi connectivity index (χ4n) is 1.66. The van der Waals surface area contributed by atoms with Gasteiger partial charge in [-0.1, -0.05) is 6.07 Å². The number of H-pyrrole nitrogens is 1. The van der Waals surface area contributed by atoms with Crippen LogP contribution in [0.4, 0.5) is 10.7 Å². The number of urea groups is 1. The molecule has 3 rings (SSSR count). The molecule has 0 aliphatic carbocycles. The Labute approximate surface area is 113 Å². The molecule has 3 aromatic heterocycles. The molecular formula is C11H12N8O. The second kappa shape index (κ2) is 4.96. The Morgan fingerprint density at radius 1 is 1.40 bits per heavy atom. The zero-order valence-electron chi connectivity index (χ0n) is 10.7. The van der Waals surface area contributed by atoms with E-state index in [1.807, 2.05) is 12.1 Å². The van der Waals surface area contributed by atoms with Crippen molar-refractivity contribution in [1.29, 1.82) is 0 Å². The molecule has 0 radical (unpaired) electrons. The smallest absolute Gasteiger partial charge is 0.322 e. The third kappa shape index (κ3) is 2.55. The van der Waals surface area contributed by atoms with Gasteiger partial charge in [-0.15, -0.1) is 5.10 Å². The minimum absolute atomic E-state index is 0.226. The summed E-state index contributed by atoms with van der Waals surface area (Å²) in [5, 5.41) is 15.9. The first-order valence-corrected chi connectivity index (χ1v) is 5.95. The van der Waals surface area contributed by atoms with Crippen molar-refractivity contribution in [3.8, 4) is 0 Å². The van der Waals surface area contributed by atoms with E-state index in [1.165, 1.54) is 0 Å². The normalized spacial score (nSPS) is 10.7. The van der Waals surface area contributed by atoms with Crippen LogP contribution in [0, 0.1) is 6.92 Å². The minimum Gasteiger partial charge on any atom is -0.330 e. The summed E-state index contributed by atoms with van der Waals surface area (Å²) in [7, 11) is 0. The van der Waals surface area contributed by atoms with Crippen LogP contribution in [0.15, 0.2) is 24.4 Å². The van der Waals surface area contributed by atoms with Crippen molar-refractivity contribution in [2.75, 3.05) is 5.32 Å². The predicted molar refractivity (Wildman–Crippen MR) is 70.0 cm³/mol. The summed E-state index contributed by atoms with van der Waals surface area (Å²) in [4.78, 5) is 19.9.